The van der Waals surface area contributed by atoms with Crippen molar-refractivity contribution in [2.45, 2.75) is 0 Å². The van der Waals surface area contributed by atoms with Crippen molar-refractivity contribution in [3.63, 3.8) is 0 Å². The van der Waals surface area contributed by atoms with Crippen molar-refractivity contribution in [3.8, 4) is 0 Å². The van der Waals surface area contributed by atoms with E-state index in [0.717, 1.165) is 5.56 Å². The molecule has 0 bridgehead atoms. The summed E-state index contributed by atoms with van der Waals surface area (Å²) in [5, 5.41) is 0. The van der Waals surface area contributed by atoms with Gasteiger partial charge in [0.2, 0.25) is 0 Å². The van der Waals surface area contributed by atoms with E-state index in [1.54, 1.807) is 6.07 Å². The normalized spacial score (nSPS) is 8.55. The Hall–Kier alpha value is 0.158. The summed E-state index contributed by atoms with van der Waals surface area (Å²) in [4.78, 5) is 0. The van der Waals surface area contributed by atoms with E-state index < -0.39 is 16.5 Å². The molecule has 1 aromatic carbocycles. The summed E-state index contributed by atoms with van der Waals surface area (Å²) in [6, 6.07) is 7.25. The van der Waals surface area contributed by atoms with E-state index in [1.165, 1.54) is 0 Å². The average Bonchev–Trinajstić information content (AvgIpc) is 1.97. The van der Waals surface area contributed by atoms with E-state index in [9.17, 15) is 0 Å². The monoisotopic (exact) mass is 370 g/mol. The molecule has 0 saturated carbocycles. The first kappa shape index (κ1) is 11.2. The van der Waals surface area contributed by atoms with Crippen LogP contribution in [-0.4, -0.2) is 0 Å². The van der Waals surface area contributed by atoms with Crippen molar-refractivity contribution in [1.82, 2.24) is 0 Å². The molecule has 0 aromatic heterocycles. The fraction of sp³-hybridized carbons (Fsp3) is 0. The van der Waals surface area contributed by atoms with Crippen LogP contribution in [0.2, 0.25) is 0 Å². The Labute approximate surface area is 83.3 Å². The maximum absolute atomic E-state index is 7.16. The van der Waals surface area contributed by atoms with Crippen molar-refractivity contribution >= 4 is 24.5 Å². The van der Waals surface area contributed by atoms with Gasteiger partial charge in [0, 0.05) is 0 Å². The number of hydrogen-bond donors (Lipinski definition) is 0. The van der Waals surface area contributed by atoms with E-state index in [-0.39, 0.29) is 0 Å². The molecule has 1 aromatic rings. The number of benzene rings is 1. The van der Waals surface area contributed by atoms with Gasteiger partial charge in [0.25, 0.3) is 0 Å². The van der Waals surface area contributed by atoms with Crippen molar-refractivity contribution in [3.05, 3.63) is 42.5 Å². The molecule has 0 radical (unpaired) electrons. The van der Waals surface area contributed by atoms with Gasteiger partial charge in [-0.1, -0.05) is 6.07 Å². The van der Waals surface area contributed by atoms with E-state index in [0.29, 0.717) is 5.69 Å². The zero-order chi connectivity index (χ0) is 8.69. The van der Waals surface area contributed by atoms with Gasteiger partial charge in [0.05, 0.1) is 0 Å². The predicted molar refractivity (Wildman–Crippen MR) is 46.6 cm³/mol. The number of rotatable bonds is 0. The minimum atomic E-state index is -0.472. The van der Waals surface area contributed by atoms with Crippen molar-refractivity contribution < 1.29 is 16.5 Å². The van der Waals surface area contributed by atoms with Crippen LogP contribution in [0.25, 0.3) is 5.73 Å². The topological polar surface area (TPSA) is 23.8 Å². The van der Waals surface area contributed by atoms with Crippen LogP contribution in [0.15, 0.2) is 24.3 Å². The molecule has 4 heteroatoms. The molecule has 64 valence electrons. The molecule has 0 fully saturated rings. The molecule has 0 heterocycles. The number of halogens is 2. The molecule has 0 aliphatic carbocycles. The molecule has 0 aliphatic rings. The first-order chi connectivity index (χ1) is 5.22. The van der Waals surface area contributed by atoms with Gasteiger partial charge in [-0.3, -0.25) is 5.69 Å². The third-order valence-corrected chi connectivity index (χ3v) is 1.02. The van der Waals surface area contributed by atoms with Gasteiger partial charge in [-0.2, -0.15) is 6.07 Å². The summed E-state index contributed by atoms with van der Waals surface area (Å²) >= 11 is -0.472. The van der Waals surface area contributed by atoms with Gasteiger partial charge in [-0.05, 0) is 0 Å². The second kappa shape index (κ2) is 6.84. The third kappa shape index (κ3) is 5.43. The van der Waals surface area contributed by atoms with Crippen LogP contribution in [0.5, 0.6) is 0 Å². The molecule has 0 aliphatic heterocycles. The van der Waals surface area contributed by atoms with Gasteiger partial charge in [-0.25, -0.2) is 12.5 Å². The van der Waals surface area contributed by atoms with Crippen LogP contribution >= 0.6 is 18.8 Å². The fourth-order valence-electron chi connectivity index (χ4n) is 0.520. The Morgan fingerprint density at radius 1 is 1.27 bits per heavy atom. The fourth-order valence-corrected chi connectivity index (χ4v) is 0.520. The second-order valence-corrected chi connectivity index (χ2v) is 4.99. The molecule has 0 saturated heterocycles. The van der Waals surface area contributed by atoms with Gasteiger partial charge >= 0.3 is 35.3 Å². The van der Waals surface area contributed by atoms with E-state index in [1.807, 2.05) is 18.2 Å². The van der Waals surface area contributed by atoms with Crippen LogP contribution in [0.4, 0.5) is 5.69 Å². The Bertz CT molecular complexity index is 184. The molecule has 0 amide bonds. The standard InChI is InChI=1S/C7H7N.2ClH.Pt/c1-6-4-2-3-5-7(6)8;;;/h2-5,8H,1H2;2*1H;/q-2;;;+4/p-2. The molecule has 1 N–H and O–H groups in total. The van der Waals surface area contributed by atoms with Crippen molar-refractivity contribution in [1.29, 1.82) is 0 Å². The average molecular weight is 371 g/mol. The van der Waals surface area contributed by atoms with Gasteiger partial charge in [0.15, 0.2) is 0 Å². The zero-order valence-electron chi connectivity index (χ0n) is 5.59. The summed E-state index contributed by atoms with van der Waals surface area (Å²) in [5.74, 6) is 0. The number of hydrogen-bond acceptors (Lipinski definition) is 0. The van der Waals surface area contributed by atoms with Crippen LogP contribution in [0.3, 0.4) is 0 Å². The summed E-state index contributed by atoms with van der Waals surface area (Å²) in [6.07, 6.45) is 0. The second-order valence-electron chi connectivity index (χ2n) is 1.70. The molecular formula is C7H7Cl2NPt. The molecule has 1 rings (SSSR count). The molecule has 0 atom stereocenters. The van der Waals surface area contributed by atoms with E-state index >= 15 is 0 Å². The molecule has 1 nitrogen and oxygen atoms in total. The summed E-state index contributed by atoms with van der Waals surface area (Å²) in [5.41, 5.74) is 8.45. The first-order valence-corrected chi connectivity index (χ1v) is 8.30. The van der Waals surface area contributed by atoms with Crippen molar-refractivity contribution in [2.24, 2.45) is 0 Å². The van der Waals surface area contributed by atoms with Crippen LogP contribution in [0.1, 0.15) is 5.56 Å². The SMILES string of the molecule is [CH2-]c1ccccc1[NH-].[Cl][Pt+2][Cl]. The zero-order valence-corrected chi connectivity index (χ0v) is 9.37. The Morgan fingerprint density at radius 2 is 1.73 bits per heavy atom. The van der Waals surface area contributed by atoms with Gasteiger partial charge in [0.1, 0.15) is 0 Å². The summed E-state index contributed by atoms with van der Waals surface area (Å²) in [6.45, 7) is 3.63. The Morgan fingerprint density at radius 3 is 2.00 bits per heavy atom. The number of nitrogens with one attached hydrogen (secondary N) is 1. The molecule has 11 heavy (non-hydrogen) atoms. The molecule has 0 unspecified atom stereocenters. The van der Waals surface area contributed by atoms with E-state index in [4.69, 9.17) is 24.6 Å². The predicted octanol–water partition coefficient (Wildman–Crippen LogP) is 3.93. The Kier molecular flexibility index (Phi) is 6.94. The third-order valence-electron chi connectivity index (χ3n) is 1.02. The van der Waals surface area contributed by atoms with Gasteiger partial charge < -0.3 is 5.73 Å². The van der Waals surface area contributed by atoms with Crippen LogP contribution in [0, 0.1) is 6.92 Å². The van der Waals surface area contributed by atoms with Gasteiger partial charge in [-0.15, -0.1) is 12.1 Å². The Balaban J connectivity index is 0.000000292. The first-order valence-electron chi connectivity index (χ1n) is 2.67. The van der Waals surface area contributed by atoms with E-state index in [2.05, 4.69) is 6.92 Å². The summed E-state index contributed by atoms with van der Waals surface area (Å²) in [7, 11) is 9.75. The minimum absolute atomic E-state index is 0.472. The van der Waals surface area contributed by atoms with Crippen LogP contribution < -0.4 is 0 Å². The quantitative estimate of drug-likeness (QED) is 0.618. The maximum atomic E-state index is 7.16. The molecule has 0 spiro atoms. The molecular weight excluding hydrogens is 364 g/mol. The van der Waals surface area contributed by atoms with Crippen LogP contribution in [-0.2, 0) is 16.5 Å². The van der Waals surface area contributed by atoms with Crippen molar-refractivity contribution in [2.75, 3.05) is 0 Å². The summed E-state index contributed by atoms with van der Waals surface area (Å²) < 4.78 is 0.